The third kappa shape index (κ3) is 1.39. The molecule has 1 aromatic heterocycles. The van der Waals surface area contributed by atoms with Crippen molar-refractivity contribution in [2.75, 3.05) is 0 Å². The summed E-state index contributed by atoms with van der Waals surface area (Å²) < 4.78 is 4.72. The first kappa shape index (κ1) is 7.78. The van der Waals surface area contributed by atoms with Crippen LogP contribution in [0.4, 0.5) is 0 Å². The Morgan fingerprint density at radius 2 is 2.45 bits per heavy atom. The summed E-state index contributed by atoms with van der Waals surface area (Å²) in [5.41, 5.74) is 0.637. The fourth-order valence-corrected chi connectivity index (χ4v) is 0.856. The van der Waals surface area contributed by atoms with Crippen molar-refractivity contribution in [2.24, 2.45) is 0 Å². The lowest BCUT2D eigenvalue weighted by atomic mass is 10.0. The van der Waals surface area contributed by atoms with E-state index in [2.05, 4.69) is 5.16 Å². The van der Waals surface area contributed by atoms with Crippen LogP contribution in [0.1, 0.15) is 24.2 Å². The van der Waals surface area contributed by atoms with Crippen LogP contribution in [0, 0.1) is 6.92 Å². The Kier molecular flexibility index (Phi) is 1.94. The van der Waals surface area contributed by atoms with Crippen LogP contribution < -0.4 is 0 Å². The summed E-state index contributed by atoms with van der Waals surface area (Å²) in [5.74, 6) is -0.836. The fraction of sp³-hybridized carbons (Fsp3) is 0.429. The normalized spacial score (nSPS) is 12.9. The molecule has 0 aromatic carbocycles. The van der Waals surface area contributed by atoms with Gasteiger partial charge in [-0.3, -0.25) is 4.79 Å². The molecule has 0 saturated carbocycles. The van der Waals surface area contributed by atoms with Crippen molar-refractivity contribution < 1.29 is 14.4 Å². The third-order valence-corrected chi connectivity index (χ3v) is 1.62. The van der Waals surface area contributed by atoms with E-state index >= 15 is 0 Å². The number of aryl methyl sites for hydroxylation is 1. The minimum atomic E-state index is -0.865. The molecule has 0 radical (unpaired) electrons. The molecular weight excluding hydrogens is 146 g/mol. The van der Waals surface area contributed by atoms with E-state index in [1.54, 1.807) is 13.8 Å². The van der Waals surface area contributed by atoms with Crippen molar-refractivity contribution in [1.82, 2.24) is 5.16 Å². The van der Waals surface area contributed by atoms with Gasteiger partial charge in [0.15, 0.2) is 0 Å². The molecule has 1 N–H and O–H groups in total. The lowest BCUT2D eigenvalue weighted by Gasteiger charge is -2.00. The molecule has 0 bridgehead atoms. The lowest BCUT2D eigenvalue weighted by molar-refractivity contribution is -0.138. The maximum atomic E-state index is 10.5. The van der Waals surface area contributed by atoms with Gasteiger partial charge >= 0.3 is 5.97 Å². The van der Waals surface area contributed by atoms with Gasteiger partial charge in [0.05, 0.1) is 12.1 Å². The first-order valence-electron chi connectivity index (χ1n) is 3.27. The molecule has 1 aromatic rings. The number of rotatable bonds is 2. The van der Waals surface area contributed by atoms with E-state index in [9.17, 15) is 4.79 Å². The van der Waals surface area contributed by atoms with E-state index in [-0.39, 0.29) is 0 Å². The Morgan fingerprint density at radius 1 is 1.82 bits per heavy atom. The van der Waals surface area contributed by atoms with Crippen molar-refractivity contribution in [1.29, 1.82) is 0 Å². The van der Waals surface area contributed by atoms with Gasteiger partial charge in [-0.05, 0) is 13.8 Å². The molecule has 1 heterocycles. The van der Waals surface area contributed by atoms with E-state index in [1.165, 1.54) is 6.20 Å². The second-order valence-corrected chi connectivity index (χ2v) is 2.40. The number of carbonyl (C=O) groups is 1. The van der Waals surface area contributed by atoms with E-state index in [0.29, 0.717) is 11.3 Å². The van der Waals surface area contributed by atoms with Crippen molar-refractivity contribution in [3.63, 3.8) is 0 Å². The van der Waals surface area contributed by atoms with Gasteiger partial charge in [0.1, 0.15) is 5.76 Å². The van der Waals surface area contributed by atoms with Gasteiger partial charge in [-0.1, -0.05) is 5.16 Å². The summed E-state index contributed by atoms with van der Waals surface area (Å²) in [6.07, 6.45) is 1.44. The molecule has 1 rings (SSSR count). The summed E-state index contributed by atoms with van der Waals surface area (Å²) in [6.45, 7) is 3.30. The van der Waals surface area contributed by atoms with E-state index in [4.69, 9.17) is 9.63 Å². The molecular formula is C7H9NO3. The SMILES string of the molecule is Cc1oncc1C(C)C(=O)O. The van der Waals surface area contributed by atoms with Gasteiger partial charge in [0.2, 0.25) is 0 Å². The van der Waals surface area contributed by atoms with Crippen molar-refractivity contribution in [3.05, 3.63) is 17.5 Å². The van der Waals surface area contributed by atoms with Crippen molar-refractivity contribution >= 4 is 5.97 Å². The van der Waals surface area contributed by atoms with Gasteiger partial charge in [-0.25, -0.2) is 0 Å². The zero-order valence-electron chi connectivity index (χ0n) is 6.37. The number of hydrogen-bond acceptors (Lipinski definition) is 3. The Balaban J connectivity index is 2.92. The molecule has 0 spiro atoms. The molecule has 0 aliphatic heterocycles. The third-order valence-electron chi connectivity index (χ3n) is 1.62. The second-order valence-electron chi connectivity index (χ2n) is 2.40. The average Bonchev–Trinajstić information content (AvgIpc) is 2.33. The maximum Gasteiger partial charge on any atom is 0.310 e. The molecule has 1 atom stereocenters. The first-order valence-corrected chi connectivity index (χ1v) is 3.27. The predicted octanol–water partition coefficient (Wildman–Crippen LogP) is 1.17. The van der Waals surface area contributed by atoms with Gasteiger partial charge in [0, 0.05) is 5.56 Å². The van der Waals surface area contributed by atoms with Gasteiger partial charge in [0.25, 0.3) is 0 Å². The molecule has 0 fully saturated rings. The van der Waals surface area contributed by atoms with Gasteiger partial charge in [-0.15, -0.1) is 0 Å². The van der Waals surface area contributed by atoms with Crippen LogP contribution in [0.2, 0.25) is 0 Å². The largest absolute Gasteiger partial charge is 0.481 e. The number of hydrogen-bond donors (Lipinski definition) is 1. The number of nitrogens with zero attached hydrogens (tertiary/aromatic N) is 1. The predicted molar refractivity (Wildman–Crippen MR) is 37.3 cm³/mol. The highest BCUT2D eigenvalue weighted by molar-refractivity contribution is 5.75. The average molecular weight is 155 g/mol. The zero-order chi connectivity index (χ0) is 8.43. The molecule has 0 aliphatic carbocycles. The number of aromatic nitrogens is 1. The Hall–Kier alpha value is -1.32. The molecule has 60 valence electrons. The second kappa shape index (κ2) is 2.74. The van der Waals surface area contributed by atoms with Crippen molar-refractivity contribution in [3.8, 4) is 0 Å². The van der Waals surface area contributed by atoms with Crippen LogP contribution in [0.25, 0.3) is 0 Å². The topological polar surface area (TPSA) is 63.3 Å². The van der Waals surface area contributed by atoms with Crippen LogP contribution in [-0.2, 0) is 4.79 Å². The standard InChI is InChI=1S/C7H9NO3/c1-4(7(9)10)6-3-8-11-5(6)2/h3-4H,1-2H3,(H,9,10). The van der Waals surface area contributed by atoms with E-state index in [0.717, 1.165) is 0 Å². The molecule has 0 aliphatic rings. The number of carboxylic acid groups (broad SMARTS) is 1. The summed E-state index contributed by atoms with van der Waals surface area (Å²) in [7, 11) is 0. The zero-order valence-corrected chi connectivity index (χ0v) is 6.37. The van der Waals surface area contributed by atoms with Crippen LogP contribution in [-0.4, -0.2) is 16.2 Å². The van der Waals surface area contributed by atoms with Gasteiger partial charge in [-0.2, -0.15) is 0 Å². The Bertz CT molecular complexity index is 266. The Labute approximate surface area is 63.8 Å². The van der Waals surface area contributed by atoms with E-state index in [1.807, 2.05) is 0 Å². The highest BCUT2D eigenvalue weighted by Gasteiger charge is 2.18. The van der Waals surface area contributed by atoms with E-state index < -0.39 is 11.9 Å². The van der Waals surface area contributed by atoms with Crippen molar-refractivity contribution in [2.45, 2.75) is 19.8 Å². The monoisotopic (exact) mass is 155 g/mol. The quantitative estimate of drug-likeness (QED) is 0.696. The number of carboxylic acids is 1. The lowest BCUT2D eigenvalue weighted by Crippen LogP contribution is -2.07. The summed E-state index contributed by atoms with van der Waals surface area (Å²) >= 11 is 0. The molecule has 11 heavy (non-hydrogen) atoms. The minimum Gasteiger partial charge on any atom is -0.481 e. The van der Waals surface area contributed by atoms with Crippen LogP contribution in [0.5, 0.6) is 0 Å². The molecule has 0 saturated heterocycles. The summed E-state index contributed by atoms with van der Waals surface area (Å²) in [4.78, 5) is 10.5. The molecule has 4 nitrogen and oxygen atoms in total. The van der Waals surface area contributed by atoms with Gasteiger partial charge < -0.3 is 9.63 Å². The fourth-order valence-electron chi connectivity index (χ4n) is 0.856. The molecule has 0 amide bonds. The molecule has 1 unspecified atom stereocenters. The highest BCUT2D eigenvalue weighted by atomic mass is 16.5. The molecule has 4 heteroatoms. The maximum absolute atomic E-state index is 10.5. The minimum absolute atomic E-state index is 0.541. The van der Waals surface area contributed by atoms with Crippen LogP contribution >= 0.6 is 0 Å². The summed E-state index contributed by atoms with van der Waals surface area (Å²) in [5, 5.41) is 12.1. The first-order chi connectivity index (χ1) is 5.13. The Morgan fingerprint density at radius 3 is 2.82 bits per heavy atom. The van der Waals surface area contributed by atoms with Crippen LogP contribution in [0.3, 0.4) is 0 Å². The highest BCUT2D eigenvalue weighted by Crippen LogP contribution is 2.18. The van der Waals surface area contributed by atoms with Crippen LogP contribution in [0.15, 0.2) is 10.7 Å². The number of aliphatic carboxylic acids is 1. The smallest absolute Gasteiger partial charge is 0.310 e. The summed E-state index contributed by atoms with van der Waals surface area (Å²) in [6, 6.07) is 0.